The minimum absolute atomic E-state index is 0.0358. The van der Waals surface area contributed by atoms with E-state index in [0.29, 0.717) is 10.7 Å². The van der Waals surface area contributed by atoms with Crippen LogP contribution >= 0.6 is 11.6 Å². The molecule has 0 aliphatic rings. The summed E-state index contributed by atoms with van der Waals surface area (Å²) >= 11 is 5.75. The first-order valence-electron chi connectivity index (χ1n) is 9.11. The SMILES string of the molecule is O=C(CCNS(=O)(=O)c1ccc(Cl)cc1)Nc1ccc(S(=O)(=O)Nc2ncccn2)cc1. The average Bonchev–Trinajstić information content (AvgIpc) is 2.75. The van der Waals surface area contributed by atoms with E-state index in [2.05, 4.69) is 24.7 Å². The van der Waals surface area contributed by atoms with Crippen LogP contribution in [0.3, 0.4) is 0 Å². The van der Waals surface area contributed by atoms with Gasteiger partial charge < -0.3 is 5.32 Å². The molecule has 1 aromatic heterocycles. The molecule has 1 heterocycles. The zero-order valence-electron chi connectivity index (χ0n) is 16.4. The summed E-state index contributed by atoms with van der Waals surface area (Å²) in [4.78, 5) is 19.7. The third-order valence-corrected chi connectivity index (χ3v) is 7.08. The lowest BCUT2D eigenvalue weighted by Crippen LogP contribution is -2.27. The third kappa shape index (κ3) is 6.47. The summed E-state index contributed by atoms with van der Waals surface area (Å²) in [6, 6.07) is 12.6. The van der Waals surface area contributed by atoms with Crippen molar-refractivity contribution in [3.63, 3.8) is 0 Å². The van der Waals surface area contributed by atoms with Crippen molar-refractivity contribution in [2.45, 2.75) is 16.2 Å². The Hall–Kier alpha value is -3.06. The maximum Gasteiger partial charge on any atom is 0.264 e. The summed E-state index contributed by atoms with van der Waals surface area (Å²) in [5.41, 5.74) is 0.352. The van der Waals surface area contributed by atoms with Crippen molar-refractivity contribution in [1.29, 1.82) is 0 Å². The van der Waals surface area contributed by atoms with Crippen LogP contribution < -0.4 is 14.8 Å². The highest BCUT2D eigenvalue weighted by atomic mass is 35.5. The van der Waals surface area contributed by atoms with Gasteiger partial charge in [0, 0.05) is 36.1 Å². The predicted octanol–water partition coefficient (Wildman–Crippen LogP) is 2.24. The molecule has 0 fully saturated rings. The molecule has 3 rings (SSSR count). The van der Waals surface area contributed by atoms with Gasteiger partial charge in [-0.25, -0.2) is 36.2 Å². The van der Waals surface area contributed by atoms with E-state index in [4.69, 9.17) is 11.6 Å². The van der Waals surface area contributed by atoms with E-state index >= 15 is 0 Å². The summed E-state index contributed by atoms with van der Waals surface area (Å²) in [6.07, 6.45) is 2.68. The van der Waals surface area contributed by atoms with Gasteiger partial charge >= 0.3 is 0 Å². The van der Waals surface area contributed by atoms with Gasteiger partial charge in [-0.2, -0.15) is 0 Å². The maximum absolute atomic E-state index is 12.4. The number of aromatic nitrogens is 2. The summed E-state index contributed by atoms with van der Waals surface area (Å²) < 4.78 is 53.7. The number of carbonyl (C=O) groups is 1. The number of sulfonamides is 2. The topological polar surface area (TPSA) is 147 Å². The molecule has 0 spiro atoms. The Kier molecular flexibility index (Phi) is 7.40. The van der Waals surface area contributed by atoms with Gasteiger partial charge in [-0.15, -0.1) is 0 Å². The highest BCUT2D eigenvalue weighted by molar-refractivity contribution is 7.92. The quantitative estimate of drug-likeness (QED) is 0.412. The molecule has 0 aliphatic heterocycles. The lowest BCUT2D eigenvalue weighted by molar-refractivity contribution is -0.116. The molecule has 0 atom stereocenters. The molecule has 168 valence electrons. The smallest absolute Gasteiger partial charge is 0.264 e. The number of nitrogens with zero attached hydrogens (tertiary/aromatic N) is 2. The Balaban J connectivity index is 1.53. The second-order valence-electron chi connectivity index (χ2n) is 6.35. The number of amides is 1. The first-order chi connectivity index (χ1) is 15.2. The number of carbonyl (C=O) groups excluding carboxylic acids is 1. The second-order valence-corrected chi connectivity index (χ2v) is 10.2. The van der Waals surface area contributed by atoms with Crippen LogP contribution in [0, 0.1) is 0 Å². The van der Waals surface area contributed by atoms with Gasteiger partial charge in [0.15, 0.2) is 0 Å². The van der Waals surface area contributed by atoms with Gasteiger partial charge in [-0.05, 0) is 54.6 Å². The molecule has 3 N–H and O–H groups in total. The van der Waals surface area contributed by atoms with Crippen LogP contribution in [0.4, 0.5) is 11.6 Å². The summed E-state index contributed by atoms with van der Waals surface area (Å²) in [6.45, 7) is -0.121. The molecule has 1 amide bonds. The molecular weight excluding hydrogens is 478 g/mol. The fourth-order valence-corrected chi connectivity index (χ4v) is 4.58. The Bertz CT molecular complexity index is 1280. The van der Waals surface area contributed by atoms with Crippen LogP contribution in [-0.2, 0) is 24.8 Å². The van der Waals surface area contributed by atoms with E-state index in [1.165, 1.54) is 60.9 Å². The minimum atomic E-state index is -3.89. The van der Waals surface area contributed by atoms with Gasteiger partial charge in [0.05, 0.1) is 9.79 Å². The fourth-order valence-electron chi connectivity index (χ4n) is 2.47. The van der Waals surface area contributed by atoms with E-state index in [-0.39, 0.29) is 28.7 Å². The van der Waals surface area contributed by atoms with Gasteiger partial charge in [0.2, 0.25) is 21.9 Å². The first-order valence-corrected chi connectivity index (χ1v) is 12.5. The fraction of sp³-hybridized carbons (Fsp3) is 0.105. The number of rotatable bonds is 9. The normalized spacial score (nSPS) is 11.7. The molecule has 32 heavy (non-hydrogen) atoms. The van der Waals surface area contributed by atoms with E-state index < -0.39 is 26.0 Å². The number of anilines is 2. The van der Waals surface area contributed by atoms with Crippen molar-refractivity contribution in [1.82, 2.24) is 14.7 Å². The van der Waals surface area contributed by atoms with Crippen LogP contribution in [0.15, 0.2) is 76.8 Å². The number of halogens is 1. The largest absolute Gasteiger partial charge is 0.326 e. The minimum Gasteiger partial charge on any atom is -0.326 e. The maximum atomic E-state index is 12.4. The average molecular weight is 496 g/mol. The molecule has 0 saturated heterocycles. The van der Waals surface area contributed by atoms with E-state index in [1.807, 2.05) is 0 Å². The van der Waals surface area contributed by atoms with Gasteiger partial charge in [-0.1, -0.05) is 11.6 Å². The van der Waals surface area contributed by atoms with Crippen molar-refractivity contribution in [3.05, 3.63) is 72.0 Å². The Morgan fingerprint density at radius 3 is 2.03 bits per heavy atom. The number of hydrogen-bond donors (Lipinski definition) is 3. The van der Waals surface area contributed by atoms with Crippen LogP contribution in [0.1, 0.15) is 6.42 Å². The number of benzene rings is 2. The first kappa shape index (κ1) is 23.6. The summed E-state index contributed by atoms with van der Waals surface area (Å²) in [5.74, 6) is -0.513. The molecule has 3 aromatic rings. The van der Waals surface area contributed by atoms with E-state index in [0.717, 1.165) is 0 Å². The lowest BCUT2D eigenvalue weighted by atomic mass is 10.3. The van der Waals surface area contributed by atoms with Gasteiger partial charge in [0.1, 0.15) is 0 Å². The van der Waals surface area contributed by atoms with Crippen molar-refractivity contribution in [2.75, 3.05) is 16.6 Å². The Morgan fingerprint density at radius 1 is 0.844 bits per heavy atom. The number of hydrogen-bond acceptors (Lipinski definition) is 7. The van der Waals surface area contributed by atoms with Crippen molar-refractivity contribution >= 4 is 49.2 Å². The highest BCUT2D eigenvalue weighted by Crippen LogP contribution is 2.17. The van der Waals surface area contributed by atoms with Crippen LogP contribution in [0.2, 0.25) is 5.02 Å². The molecule has 0 saturated carbocycles. The molecule has 13 heteroatoms. The Morgan fingerprint density at radius 2 is 1.41 bits per heavy atom. The summed E-state index contributed by atoms with van der Waals surface area (Å²) in [5, 5.41) is 2.98. The second kappa shape index (κ2) is 10.0. The molecule has 2 aromatic carbocycles. The third-order valence-electron chi connectivity index (χ3n) is 4.01. The van der Waals surface area contributed by atoms with Crippen molar-refractivity contribution < 1.29 is 21.6 Å². The Labute approximate surface area is 190 Å². The molecule has 0 aliphatic carbocycles. The zero-order chi connectivity index (χ0) is 23.2. The van der Waals surface area contributed by atoms with Gasteiger partial charge in [0.25, 0.3) is 10.0 Å². The predicted molar refractivity (Wildman–Crippen MR) is 119 cm³/mol. The van der Waals surface area contributed by atoms with Crippen molar-refractivity contribution in [3.8, 4) is 0 Å². The van der Waals surface area contributed by atoms with Crippen LogP contribution in [0.5, 0.6) is 0 Å². The zero-order valence-corrected chi connectivity index (χ0v) is 18.8. The standard InChI is InChI=1S/C19H18ClN5O5S2/c20-14-2-6-16(7-3-14)31(27,28)23-13-10-18(26)24-15-4-8-17(9-5-15)32(29,30)25-19-21-11-1-12-22-19/h1-9,11-12,23H,10,13H2,(H,24,26)(H,21,22,25). The highest BCUT2D eigenvalue weighted by Gasteiger charge is 2.16. The van der Waals surface area contributed by atoms with E-state index in [1.54, 1.807) is 6.07 Å². The molecule has 0 radical (unpaired) electrons. The summed E-state index contributed by atoms with van der Waals surface area (Å²) in [7, 11) is -7.66. The molecule has 0 bridgehead atoms. The lowest BCUT2D eigenvalue weighted by Gasteiger charge is -2.09. The number of nitrogens with one attached hydrogen (secondary N) is 3. The van der Waals surface area contributed by atoms with E-state index in [9.17, 15) is 21.6 Å². The van der Waals surface area contributed by atoms with Gasteiger partial charge in [-0.3, -0.25) is 4.79 Å². The van der Waals surface area contributed by atoms with Crippen LogP contribution in [-0.4, -0.2) is 39.3 Å². The molecular formula is C19H18ClN5O5S2. The molecule has 0 unspecified atom stereocenters. The monoisotopic (exact) mass is 495 g/mol. The van der Waals surface area contributed by atoms with Crippen molar-refractivity contribution in [2.24, 2.45) is 0 Å². The molecule has 10 nitrogen and oxygen atoms in total. The van der Waals surface area contributed by atoms with Crippen LogP contribution in [0.25, 0.3) is 0 Å².